The largest absolute Gasteiger partial charge is 0.497 e. The molecule has 1 heterocycles. The van der Waals surface area contributed by atoms with Crippen LogP contribution in [0.1, 0.15) is 5.56 Å². The van der Waals surface area contributed by atoms with Gasteiger partial charge in [0.2, 0.25) is 0 Å². The van der Waals surface area contributed by atoms with Crippen LogP contribution in [0, 0.1) is 0 Å². The minimum absolute atomic E-state index is 0.237. The molecule has 0 amide bonds. The van der Waals surface area contributed by atoms with E-state index >= 15 is 0 Å². The maximum atomic E-state index is 12.3. The minimum Gasteiger partial charge on any atom is -0.497 e. The molecule has 0 spiro atoms. The van der Waals surface area contributed by atoms with E-state index in [4.69, 9.17) is 9.47 Å². The standard InChI is InChI=1S/C23H25N4O3/c1-26-15-13-17(14-16-26)22(23(28)30-4)25-27(2)20-9-5-18(6-10-20)24-19-7-11-21(29-3)12-8-19/h5-16,24H,1-4H3/q+1. The van der Waals surface area contributed by atoms with Gasteiger partial charge >= 0.3 is 5.97 Å². The zero-order chi connectivity index (χ0) is 21.5. The predicted octanol–water partition coefficient (Wildman–Crippen LogP) is 3.28. The van der Waals surface area contributed by atoms with Crippen LogP contribution in [0.2, 0.25) is 0 Å². The average molecular weight is 405 g/mol. The normalized spacial score (nSPS) is 11.0. The van der Waals surface area contributed by atoms with Crippen molar-refractivity contribution in [3.63, 3.8) is 0 Å². The van der Waals surface area contributed by atoms with Crippen LogP contribution in [0.15, 0.2) is 78.2 Å². The molecule has 3 rings (SSSR count). The number of anilines is 3. The second-order valence-corrected chi connectivity index (χ2v) is 6.62. The van der Waals surface area contributed by atoms with E-state index in [-0.39, 0.29) is 5.71 Å². The Morgan fingerprint density at radius 1 is 0.933 bits per heavy atom. The van der Waals surface area contributed by atoms with Gasteiger partial charge in [0.25, 0.3) is 0 Å². The lowest BCUT2D eigenvalue weighted by Crippen LogP contribution is -2.28. The molecule has 0 aliphatic heterocycles. The van der Waals surface area contributed by atoms with Crippen LogP contribution < -0.4 is 19.6 Å². The van der Waals surface area contributed by atoms with Gasteiger partial charge in [0.15, 0.2) is 18.1 Å². The average Bonchev–Trinajstić information content (AvgIpc) is 2.78. The Hall–Kier alpha value is -3.87. The van der Waals surface area contributed by atoms with Crippen molar-refractivity contribution in [3.8, 4) is 5.75 Å². The highest BCUT2D eigenvalue weighted by atomic mass is 16.5. The lowest BCUT2D eigenvalue weighted by molar-refractivity contribution is -0.671. The van der Waals surface area contributed by atoms with Gasteiger partial charge in [-0.15, -0.1) is 0 Å². The molecule has 0 radical (unpaired) electrons. The summed E-state index contributed by atoms with van der Waals surface area (Å²) in [4.78, 5) is 12.3. The summed E-state index contributed by atoms with van der Waals surface area (Å²) < 4.78 is 12.0. The molecule has 1 aromatic heterocycles. The Morgan fingerprint density at radius 3 is 2.03 bits per heavy atom. The highest BCUT2D eigenvalue weighted by molar-refractivity contribution is 6.43. The summed E-state index contributed by atoms with van der Waals surface area (Å²) in [5.74, 6) is 0.317. The lowest BCUT2D eigenvalue weighted by Gasteiger charge is -2.16. The van der Waals surface area contributed by atoms with Gasteiger partial charge in [0, 0.05) is 36.1 Å². The van der Waals surface area contributed by atoms with E-state index < -0.39 is 5.97 Å². The van der Waals surface area contributed by atoms with Crippen LogP contribution in [0.5, 0.6) is 5.75 Å². The SMILES string of the molecule is COC(=O)/C(=N\N(C)c1ccc(Nc2ccc(OC)cc2)cc1)c1cc[n+](C)cc1. The summed E-state index contributed by atoms with van der Waals surface area (Å²) in [5, 5.41) is 9.47. The number of pyridine rings is 1. The van der Waals surface area contributed by atoms with Gasteiger partial charge < -0.3 is 14.8 Å². The van der Waals surface area contributed by atoms with Gasteiger partial charge in [-0.3, -0.25) is 5.01 Å². The van der Waals surface area contributed by atoms with E-state index in [1.165, 1.54) is 7.11 Å². The van der Waals surface area contributed by atoms with Crippen LogP contribution in [0.25, 0.3) is 0 Å². The molecular weight excluding hydrogens is 380 g/mol. The van der Waals surface area contributed by atoms with Crippen LogP contribution in [0.4, 0.5) is 17.1 Å². The fraction of sp³-hybridized carbons (Fsp3) is 0.174. The highest BCUT2D eigenvalue weighted by Crippen LogP contribution is 2.22. The molecule has 7 nitrogen and oxygen atoms in total. The number of nitrogens with one attached hydrogen (secondary N) is 1. The molecule has 3 aromatic rings. The molecule has 0 saturated carbocycles. The lowest BCUT2D eigenvalue weighted by atomic mass is 10.1. The van der Waals surface area contributed by atoms with Crippen LogP contribution in [0.3, 0.4) is 0 Å². The number of carbonyl (C=O) groups is 1. The highest BCUT2D eigenvalue weighted by Gasteiger charge is 2.17. The monoisotopic (exact) mass is 405 g/mol. The van der Waals surface area contributed by atoms with Crippen LogP contribution in [-0.4, -0.2) is 32.9 Å². The quantitative estimate of drug-likeness (QED) is 0.283. The first-order chi connectivity index (χ1) is 14.5. The Kier molecular flexibility index (Phi) is 6.64. The maximum absolute atomic E-state index is 12.3. The molecule has 0 saturated heterocycles. The summed E-state index contributed by atoms with van der Waals surface area (Å²) in [6, 6.07) is 19.1. The van der Waals surface area contributed by atoms with Crippen molar-refractivity contribution in [2.75, 3.05) is 31.6 Å². The number of aromatic nitrogens is 1. The van der Waals surface area contributed by atoms with Gasteiger partial charge in [0.1, 0.15) is 12.8 Å². The van der Waals surface area contributed by atoms with E-state index in [0.717, 1.165) is 22.8 Å². The molecule has 1 N–H and O–H groups in total. The van der Waals surface area contributed by atoms with Crippen molar-refractivity contribution >= 4 is 28.7 Å². The number of ether oxygens (including phenoxy) is 2. The molecule has 0 aliphatic rings. The second kappa shape index (κ2) is 9.56. The number of benzene rings is 2. The third-order valence-electron chi connectivity index (χ3n) is 4.50. The first-order valence-corrected chi connectivity index (χ1v) is 9.37. The van der Waals surface area contributed by atoms with Gasteiger partial charge in [-0.25, -0.2) is 9.36 Å². The zero-order valence-corrected chi connectivity index (χ0v) is 17.5. The summed E-state index contributed by atoms with van der Waals surface area (Å²) in [5.41, 5.74) is 3.65. The predicted molar refractivity (Wildman–Crippen MR) is 117 cm³/mol. The number of hydrogen-bond donors (Lipinski definition) is 1. The third kappa shape index (κ3) is 5.14. The summed E-state index contributed by atoms with van der Waals surface area (Å²) >= 11 is 0. The fourth-order valence-electron chi connectivity index (χ4n) is 2.78. The van der Waals surface area contributed by atoms with Gasteiger partial charge in [-0.2, -0.15) is 5.10 Å². The van der Waals surface area contributed by atoms with E-state index in [2.05, 4.69) is 10.4 Å². The summed E-state index contributed by atoms with van der Waals surface area (Å²) in [6.07, 6.45) is 3.71. The number of methoxy groups -OCH3 is 2. The zero-order valence-electron chi connectivity index (χ0n) is 17.5. The Labute approximate surface area is 176 Å². The minimum atomic E-state index is -0.492. The van der Waals surface area contributed by atoms with Crippen molar-refractivity contribution < 1.29 is 18.8 Å². The molecule has 0 unspecified atom stereocenters. The van der Waals surface area contributed by atoms with Crippen LogP contribution >= 0.6 is 0 Å². The number of esters is 1. The molecule has 0 bridgehead atoms. The first-order valence-electron chi connectivity index (χ1n) is 9.37. The Bertz CT molecular complexity index is 1010. The van der Waals surface area contributed by atoms with E-state index in [9.17, 15) is 4.79 Å². The van der Waals surface area contributed by atoms with Gasteiger partial charge in [-0.05, 0) is 48.5 Å². The number of nitrogens with zero attached hydrogens (tertiary/aromatic N) is 3. The van der Waals surface area contributed by atoms with E-state index in [1.807, 2.05) is 84.7 Å². The molecule has 154 valence electrons. The van der Waals surface area contributed by atoms with Crippen molar-refractivity contribution in [3.05, 3.63) is 78.6 Å². The smallest absolute Gasteiger partial charge is 0.359 e. The molecule has 0 atom stereocenters. The number of rotatable bonds is 7. The second-order valence-electron chi connectivity index (χ2n) is 6.62. The topological polar surface area (TPSA) is 67.0 Å². The molecule has 2 aromatic carbocycles. The number of hydrogen-bond acceptors (Lipinski definition) is 6. The number of carbonyl (C=O) groups excluding carboxylic acids is 1. The summed E-state index contributed by atoms with van der Waals surface area (Å²) in [6.45, 7) is 0. The Balaban J connectivity index is 1.77. The van der Waals surface area contributed by atoms with Crippen molar-refractivity contribution in [1.29, 1.82) is 0 Å². The Morgan fingerprint density at radius 2 is 1.50 bits per heavy atom. The van der Waals surface area contributed by atoms with Crippen molar-refractivity contribution in [2.45, 2.75) is 0 Å². The molecule has 7 heteroatoms. The number of hydrazone groups is 1. The van der Waals surface area contributed by atoms with Gasteiger partial charge in [0.05, 0.1) is 19.9 Å². The fourth-order valence-corrected chi connectivity index (χ4v) is 2.78. The molecule has 0 aliphatic carbocycles. The van der Waals surface area contributed by atoms with Crippen LogP contribution in [-0.2, 0) is 16.6 Å². The first kappa shape index (κ1) is 20.9. The van der Waals surface area contributed by atoms with Crippen molar-refractivity contribution in [2.24, 2.45) is 12.1 Å². The molecular formula is C23H25N4O3+. The number of aryl methyl sites for hydroxylation is 1. The van der Waals surface area contributed by atoms with E-state index in [0.29, 0.717) is 5.56 Å². The van der Waals surface area contributed by atoms with E-state index in [1.54, 1.807) is 19.2 Å². The third-order valence-corrected chi connectivity index (χ3v) is 4.50. The van der Waals surface area contributed by atoms with Gasteiger partial charge in [-0.1, -0.05) is 0 Å². The molecule has 0 fully saturated rings. The summed E-state index contributed by atoms with van der Waals surface area (Å²) in [7, 11) is 6.69. The molecule has 30 heavy (non-hydrogen) atoms. The maximum Gasteiger partial charge on any atom is 0.359 e. The van der Waals surface area contributed by atoms with Crippen molar-refractivity contribution in [1.82, 2.24) is 0 Å².